The molecule has 5 nitrogen and oxygen atoms in total. The fourth-order valence-electron chi connectivity index (χ4n) is 2.59. The molecule has 27 heavy (non-hydrogen) atoms. The maximum absolute atomic E-state index is 12.9. The molecule has 0 spiro atoms. The molecule has 0 radical (unpaired) electrons. The van der Waals surface area contributed by atoms with Crippen LogP contribution in [0.4, 0.5) is 10.1 Å². The van der Waals surface area contributed by atoms with Crippen molar-refractivity contribution in [3.63, 3.8) is 0 Å². The molecule has 2 aromatic rings. The Morgan fingerprint density at radius 2 is 1.89 bits per heavy atom. The molecule has 0 amide bonds. The summed E-state index contributed by atoms with van der Waals surface area (Å²) in [5, 5.41) is 9.95. The molecule has 1 aliphatic heterocycles. The summed E-state index contributed by atoms with van der Waals surface area (Å²) < 4.78 is 17.9. The molecule has 0 bridgehead atoms. The number of Topliss-reactive ketones (excluding diaryl/α,β-unsaturated/α-hetero) is 1. The number of fused-ring (bicyclic) bond motifs is 1. The van der Waals surface area contributed by atoms with Gasteiger partial charge in [0, 0.05) is 11.9 Å². The number of ketones is 1. The number of hydrogen-bond donors (Lipinski definition) is 0. The predicted molar refractivity (Wildman–Crippen MR) is 99.4 cm³/mol. The fourth-order valence-corrected chi connectivity index (χ4v) is 3.75. The first kappa shape index (κ1) is 18.7. The van der Waals surface area contributed by atoms with E-state index in [-0.39, 0.29) is 12.0 Å². The Kier molecular flexibility index (Phi) is 5.57. The van der Waals surface area contributed by atoms with E-state index in [1.807, 2.05) is 30.3 Å². The van der Waals surface area contributed by atoms with Gasteiger partial charge in [0.25, 0.3) is 0 Å². The van der Waals surface area contributed by atoms with Crippen molar-refractivity contribution in [1.29, 1.82) is 5.26 Å². The molecule has 3 rings (SSSR count). The first-order valence-electron chi connectivity index (χ1n) is 8.08. The number of anilines is 1. The zero-order valence-electron chi connectivity index (χ0n) is 14.4. The van der Waals surface area contributed by atoms with Crippen LogP contribution in [0.25, 0.3) is 0 Å². The largest absolute Gasteiger partial charge is 0.457 e. The van der Waals surface area contributed by atoms with Crippen molar-refractivity contribution in [3.05, 3.63) is 70.5 Å². The molecule has 136 valence electrons. The minimum absolute atomic E-state index is 0.0479. The number of hydrogen-bond acceptors (Lipinski definition) is 6. The van der Waals surface area contributed by atoms with Crippen LogP contribution in [0.5, 0.6) is 0 Å². The molecule has 0 atom stereocenters. The maximum atomic E-state index is 12.9. The van der Waals surface area contributed by atoms with Crippen LogP contribution in [0.1, 0.15) is 5.56 Å². The summed E-state index contributed by atoms with van der Waals surface area (Å²) in [4.78, 5) is 27.0. The van der Waals surface area contributed by atoms with E-state index in [4.69, 9.17) is 4.74 Å². The Morgan fingerprint density at radius 3 is 2.56 bits per heavy atom. The average molecular weight is 382 g/mol. The first-order valence-corrected chi connectivity index (χ1v) is 8.89. The van der Waals surface area contributed by atoms with Gasteiger partial charge in [0.15, 0.2) is 6.61 Å². The molecule has 0 saturated carbocycles. The third-order valence-corrected chi connectivity index (χ3v) is 5.20. The lowest BCUT2D eigenvalue weighted by Crippen LogP contribution is -2.20. The smallest absolute Gasteiger partial charge is 0.310 e. The van der Waals surface area contributed by atoms with E-state index in [1.165, 1.54) is 36.0 Å². The second kappa shape index (κ2) is 8.06. The van der Waals surface area contributed by atoms with Gasteiger partial charge in [0.2, 0.25) is 5.78 Å². The van der Waals surface area contributed by atoms with Gasteiger partial charge >= 0.3 is 5.97 Å². The van der Waals surface area contributed by atoms with Crippen molar-refractivity contribution in [2.75, 3.05) is 18.6 Å². The summed E-state index contributed by atoms with van der Waals surface area (Å²) >= 11 is 1.33. The number of para-hydroxylation sites is 1. The lowest BCUT2D eigenvalue weighted by molar-refractivity contribution is -0.146. The lowest BCUT2D eigenvalue weighted by atomic mass is 10.1. The van der Waals surface area contributed by atoms with E-state index in [1.54, 1.807) is 11.9 Å². The van der Waals surface area contributed by atoms with E-state index >= 15 is 0 Å². The van der Waals surface area contributed by atoms with E-state index in [0.717, 1.165) is 10.6 Å². The van der Waals surface area contributed by atoms with Gasteiger partial charge in [-0.25, -0.2) is 4.39 Å². The highest BCUT2D eigenvalue weighted by Crippen LogP contribution is 2.46. The average Bonchev–Trinajstić information content (AvgIpc) is 2.99. The van der Waals surface area contributed by atoms with Crippen molar-refractivity contribution in [3.8, 4) is 6.07 Å². The molecule has 7 heteroatoms. The van der Waals surface area contributed by atoms with Crippen LogP contribution >= 0.6 is 11.8 Å². The summed E-state index contributed by atoms with van der Waals surface area (Å²) in [7, 11) is 1.78. The lowest BCUT2D eigenvalue weighted by Gasteiger charge is -2.14. The normalized spacial score (nSPS) is 14.3. The molecule has 2 aromatic carbocycles. The number of esters is 1. The van der Waals surface area contributed by atoms with Gasteiger partial charge < -0.3 is 9.64 Å². The Morgan fingerprint density at radius 1 is 1.19 bits per heavy atom. The van der Waals surface area contributed by atoms with Crippen molar-refractivity contribution in [1.82, 2.24) is 0 Å². The SMILES string of the molecule is CN1/C(=C(\C#N)C(=O)COC(=O)Cc2ccc(F)cc2)Sc2ccccc21. The zero-order valence-corrected chi connectivity index (χ0v) is 15.3. The highest BCUT2D eigenvalue weighted by Gasteiger charge is 2.28. The minimum atomic E-state index is -0.618. The number of thioether (sulfide) groups is 1. The van der Waals surface area contributed by atoms with Crippen molar-refractivity contribution in [2.24, 2.45) is 0 Å². The number of benzene rings is 2. The van der Waals surface area contributed by atoms with Gasteiger partial charge in [-0.2, -0.15) is 5.26 Å². The molecule has 0 fully saturated rings. The Hall–Kier alpha value is -3.11. The Labute approximate surface area is 160 Å². The Balaban J connectivity index is 1.65. The van der Waals surface area contributed by atoms with Crippen molar-refractivity contribution in [2.45, 2.75) is 11.3 Å². The third-order valence-electron chi connectivity index (χ3n) is 3.97. The molecule has 1 aliphatic rings. The summed E-state index contributed by atoms with van der Waals surface area (Å²) in [5.41, 5.74) is 1.44. The monoisotopic (exact) mass is 382 g/mol. The van der Waals surface area contributed by atoms with E-state index in [0.29, 0.717) is 10.6 Å². The summed E-state index contributed by atoms with van der Waals surface area (Å²) in [6.45, 7) is -0.517. The van der Waals surface area contributed by atoms with Gasteiger partial charge in [-0.05, 0) is 29.8 Å². The zero-order chi connectivity index (χ0) is 19.4. The van der Waals surface area contributed by atoms with Crippen LogP contribution in [-0.4, -0.2) is 25.4 Å². The van der Waals surface area contributed by atoms with E-state index < -0.39 is 24.2 Å². The summed E-state index contributed by atoms with van der Waals surface area (Å²) in [6, 6.07) is 14.9. The summed E-state index contributed by atoms with van der Waals surface area (Å²) in [5.74, 6) is -1.58. The topological polar surface area (TPSA) is 70.4 Å². The van der Waals surface area contributed by atoms with Crippen LogP contribution < -0.4 is 4.90 Å². The summed E-state index contributed by atoms with van der Waals surface area (Å²) in [6.07, 6.45) is -0.0773. The second-order valence-electron chi connectivity index (χ2n) is 5.81. The number of nitrogens with zero attached hydrogens (tertiary/aromatic N) is 2. The number of nitriles is 1. The first-order chi connectivity index (χ1) is 13.0. The second-order valence-corrected chi connectivity index (χ2v) is 6.84. The van der Waals surface area contributed by atoms with Crippen LogP contribution in [-0.2, 0) is 20.7 Å². The van der Waals surface area contributed by atoms with Gasteiger partial charge in [-0.3, -0.25) is 9.59 Å². The van der Waals surface area contributed by atoms with Crippen molar-refractivity contribution < 1.29 is 18.7 Å². The molecular formula is C20H15FN2O3S. The number of rotatable bonds is 5. The van der Waals surface area contributed by atoms with E-state index in [2.05, 4.69) is 0 Å². The number of ether oxygens (including phenoxy) is 1. The quantitative estimate of drug-likeness (QED) is 0.448. The molecule has 0 N–H and O–H groups in total. The Bertz CT molecular complexity index is 964. The molecule has 0 unspecified atom stereocenters. The van der Waals surface area contributed by atoms with Crippen LogP contribution in [0, 0.1) is 17.1 Å². The number of carbonyl (C=O) groups is 2. The van der Waals surface area contributed by atoms with E-state index in [9.17, 15) is 19.2 Å². The molecule has 0 saturated heterocycles. The maximum Gasteiger partial charge on any atom is 0.310 e. The molecule has 0 aromatic heterocycles. The van der Waals surface area contributed by atoms with Gasteiger partial charge in [-0.1, -0.05) is 36.0 Å². The van der Waals surface area contributed by atoms with Crippen LogP contribution in [0.3, 0.4) is 0 Å². The fraction of sp³-hybridized carbons (Fsp3) is 0.150. The number of halogens is 1. The minimum Gasteiger partial charge on any atom is -0.457 e. The van der Waals surface area contributed by atoms with Crippen LogP contribution in [0.2, 0.25) is 0 Å². The number of carbonyl (C=O) groups excluding carboxylic acids is 2. The highest BCUT2D eigenvalue weighted by atomic mass is 32.2. The van der Waals surface area contributed by atoms with Gasteiger partial charge in [0.05, 0.1) is 12.1 Å². The molecule has 0 aliphatic carbocycles. The standard InChI is InChI=1S/C20H15FN2O3S/c1-23-16-4-2-3-5-18(16)27-20(23)15(11-22)17(24)12-26-19(25)10-13-6-8-14(21)9-7-13/h2-9H,10,12H2,1H3/b20-15-. The van der Waals surface area contributed by atoms with Gasteiger partial charge in [0.1, 0.15) is 22.5 Å². The third kappa shape index (κ3) is 4.18. The molecule has 1 heterocycles. The van der Waals surface area contributed by atoms with Crippen molar-refractivity contribution >= 4 is 29.2 Å². The predicted octanol–water partition coefficient (Wildman–Crippen LogP) is 3.46. The van der Waals surface area contributed by atoms with Crippen LogP contribution in [0.15, 0.2) is 64.0 Å². The van der Waals surface area contributed by atoms with Gasteiger partial charge in [-0.15, -0.1) is 0 Å². The molecular weight excluding hydrogens is 367 g/mol. The highest BCUT2D eigenvalue weighted by molar-refractivity contribution is 8.03.